The SMILES string of the molecule is CS(=O)(=O)N1CCCC1CNC(=O)Nc1cccc(Cl)c1. The van der Waals surface area contributed by atoms with Crippen LogP contribution in [0.1, 0.15) is 12.8 Å². The molecule has 2 N–H and O–H groups in total. The fraction of sp³-hybridized carbons (Fsp3) is 0.462. The molecule has 1 aromatic rings. The van der Waals surface area contributed by atoms with Crippen molar-refractivity contribution in [3.63, 3.8) is 0 Å². The van der Waals surface area contributed by atoms with Gasteiger partial charge in [-0.3, -0.25) is 0 Å². The average Bonchev–Trinajstić information content (AvgIpc) is 2.84. The lowest BCUT2D eigenvalue weighted by molar-refractivity contribution is 0.249. The molecule has 0 aliphatic carbocycles. The zero-order valence-corrected chi connectivity index (χ0v) is 13.2. The lowest BCUT2D eigenvalue weighted by atomic mass is 10.2. The number of rotatable bonds is 4. The van der Waals surface area contributed by atoms with Crippen LogP contribution in [0.3, 0.4) is 0 Å². The van der Waals surface area contributed by atoms with Gasteiger partial charge in [0.15, 0.2) is 0 Å². The quantitative estimate of drug-likeness (QED) is 0.884. The number of anilines is 1. The fourth-order valence-corrected chi connectivity index (χ4v) is 3.77. The van der Waals surface area contributed by atoms with Crippen LogP contribution in [0.4, 0.5) is 10.5 Å². The number of benzene rings is 1. The summed E-state index contributed by atoms with van der Waals surface area (Å²) >= 11 is 5.83. The van der Waals surface area contributed by atoms with E-state index < -0.39 is 10.0 Å². The first-order valence-electron chi connectivity index (χ1n) is 6.63. The van der Waals surface area contributed by atoms with E-state index in [1.807, 2.05) is 0 Å². The molecule has 6 nitrogen and oxygen atoms in total. The Bertz CT molecular complexity index is 621. The molecule has 2 amide bonds. The number of carbonyl (C=O) groups excluding carboxylic acids is 1. The van der Waals surface area contributed by atoms with Crippen LogP contribution < -0.4 is 10.6 Å². The van der Waals surface area contributed by atoms with Crippen molar-refractivity contribution in [3.05, 3.63) is 29.3 Å². The number of carbonyl (C=O) groups is 1. The zero-order valence-electron chi connectivity index (χ0n) is 11.7. The van der Waals surface area contributed by atoms with Crippen LogP contribution in [-0.2, 0) is 10.0 Å². The average molecular weight is 332 g/mol. The van der Waals surface area contributed by atoms with Crippen LogP contribution in [0.5, 0.6) is 0 Å². The maximum Gasteiger partial charge on any atom is 0.319 e. The minimum Gasteiger partial charge on any atom is -0.336 e. The van der Waals surface area contributed by atoms with Crippen molar-refractivity contribution in [2.75, 3.05) is 24.7 Å². The van der Waals surface area contributed by atoms with E-state index in [0.29, 0.717) is 23.8 Å². The molecule has 21 heavy (non-hydrogen) atoms. The first-order valence-corrected chi connectivity index (χ1v) is 8.86. The predicted octanol–water partition coefficient (Wildman–Crippen LogP) is 1.89. The third-order valence-corrected chi connectivity index (χ3v) is 4.90. The van der Waals surface area contributed by atoms with E-state index >= 15 is 0 Å². The highest BCUT2D eigenvalue weighted by atomic mass is 35.5. The van der Waals surface area contributed by atoms with Crippen molar-refractivity contribution in [3.8, 4) is 0 Å². The highest BCUT2D eigenvalue weighted by Gasteiger charge is 2.31. The highest BCUT2D eigenvalue weighted by Crippen LogP contribution is 2.19. The fourth-order valence-electron chi connectivity index (χ4n) is 2.40. The van der Waals surface area contributed by atoms with Gasteiger partial charge in [0.1, 0.15) is 0 Å². The van der Waals surface area contributed by atoms with Gasteiger partial charge in [0, 0.05) is 29.8 Å². The van der Waals surface area contributed by atoms with Gasteiger partial charge in [0.2, 0.25) is 10.0 Å². The van der Waals surface area contributed by atoms with Crippen LogP contribution in [0, 0.1) is 0 Å². The number of urea groups is 1. The monoisotopic (exact) mass is 331 g/mol. The Hall–Kier alpha value is -1.31. The molecule has 1 aromatic carbocycles. The number of hydrogen-bond acceptors (Lipinski definition) is 3. The van der Waals surface area contributed by atoms with Crippen LogP contribution in [0.15, 0.2) is 24.3 Å². The minimum atomic E-state index is -3.22. The summed E-state index contributed by atoms with van der Waals surface area (Å²) in [7, 11) is -3.22. The van der Waals surface area contributed by atoms with Gasteiger partial charge in [-0.25, -0.2) is 13.2 Å². The van der Waals surface area contributed by atoms with E-state index in [4.69, 9.17) is 11.6 Å². The van der Waals surface area contributed by atoms with Gasteiger partial charge in [-0.2, -0.15) is 4.31 Å². The zero-order chi connectivity index (χ0) is 15.5. The van der Waals surface area contributed by atoms with Gasteiger partial charge < -0.3 is 10.6 Å². The second-order valence-corrected chi connectivity index (χ2v) is 7.39. The van der Waals surface area contributed by atoms with E-state index in [0.717, 1.165) is 12.8 Å². The van der Waals surface area contributed by atoms with Crippen molar-refractivity contribution >= 4 is 33.3 Å². The first-order chi connectivity index (χ1) is 9.86. The summed E-state index contributed by atoms with van der Waals surface area (Å²) in [6.07, 6.45) is 2.76. The van der Waals surface area contributed by atoms with Crippen molar-refractivity contribution in [1.29, 1.82) is 0 Å². The molecule has 0 bridgehead atoms. The molecule has 1 fully saturated rings. The molecule has 1 atom stereocenters. The molecule has 0 spiro atoms. The molecule has 1 heterocycles. The molecule has 0 saturated carbocycles. The van der Waals surface area contributed by atoms with Gasteiger partial charge >= 0.3 is 6.03 Å². The Labute approximate surface area is 129 Å². The summed E-state index contributed by atoms with van der Waals surface area (Å²) < 4.78 is 24.6. The Balaban J connectivity index is 1.87. The predicted molar refractivity (Wildman–Crippen MR) is 83.0 cm³/mol. The smallest absolute Gasteiger partial charge is 0.319 e. The molecule has 1 aliphatic rings. The van der Waals surface area contributed by atoms with Gasteiger partial charge in [-0.1, -0.05) is 17.7 Å². The van der Waals surface area contributed by atoms with Gasteiger partial charge in [0.25, 0.3) is 0 Å². The Morgan fingerprint density at radius 2 is 2.24 bits per heavy atom. The summed E-state index contributed by atoms with van der Waals surface area (Å²) in [6, 6.07) is 6.26. The molecule has 2 rings (SSSR count). The normalized spacial score (nSPS) is 19.4. The maximum atomic E-state index is 11.8. The molecule has 1 unspecified atom stereocenters. The van der Waals surface area contributed by atoms with E-state index in [9.17, 15) is 13.2 Å². The van der Waals surface area contributed by atoms with Crippen molar-refractivity contribution in [2.45, 2.75) is 18.9 Å². The van der Waals surface area contributed by atoms with Crippen LogP contribution in [0.2, 0.25) is 5.02 Å². The number of amides is 2. The standard InChI is InChI=1S/C13H18ClN3O3S/c1-21(19,20)17-7-3-6-12(17)9-15-13(18)16-11-5-2-4-10(14)8-11/h2,4-5,8,12H,3,6-7,9H2,1H3,(H2,15,16,18). The van der Waals surface area contributed by atoms with E-state index in [-0.39, 0.29) is 12.1 Å². The summed E-state index contributed by atoms with van der Waals surface area (Å²) in [4.78, 5) is 11.8. The second-order valence-electron chi connectivity index (χ2n) is 5.02. The van der Waals surface area contributed by atoms with E-state index in [1.165, 1.54) is 10.6 Å². The molecular formula is C13H18ClN3O3S. The largest absolute Gasteiger partial charge is 0.336 e. The molecule has 1 saturated heterocycles. The van der Waals surface area contributed by atoms with Crippen LogP contribution in [0.25, 0.3) is 0 Å². The van der Waals surface area contributed by atoms with E-state index in [2.05, 4.69) is 10.6 Å². The van der Waals surface area contributed by atoms with E-state index in [1.54, 1.807) is 24.3 Å². The molecule has 0 aromatic heterocycles. The maximum absolute atomic E-state index is 11.8. The molecular weight excluding hydrogens is 314 g/mol. The molecule has 116 valence electrons. The molecule has 8 heteroatoms. The third kappa shape index (κ3) is 4.59. The summed E-state index contributed by atoms with van der Waals surface area (Å²) in [5, 5.41) is 5.89. The molecule has 1 aliphatic heterocycles. The van der Waals surface area contributed by atoms with Crippen LogP contribution >= 0.6 is 11.6 Å². The third-order valence-electron chi connectivity index (χ3n) is 3.33. The molecule has 0 radical (unpaired) electrons. The number of nitrogens with one attached hydrogen (secondary N) is 2. The van der Waals surface area contributed by atoms with Crippen molar-refractivity contribution in [1.82, 2.24) is 9.62 Å². The van der Waals surface area contributed by atoms with Gasteiger partial charge in [-0.15, -0.1) is 0 Å². The second kappa shape index (κ2) is 6.64. The Morgan fingerprint density at radius 3 is 2.90 bits per heavy atom. The Morgan fingerprint density at radius 1 is 1.48 bits per heavy atom. The number of halogens is 1. The number of hydrogen-bond donors (Lipinski definition) is 2. The lowest BCUT2D eigenvalue weighted by Gasteiger charge is -2.22. The topological polar surface area (TPSA) is 78.5 Å². The summed E-state index contributed by atoms with van der Waals surface area (Å²) in [5.41, 5.74) is 0.589. The van der Waals surface area contributed by atoms with Crippen LogP contribution in [-0.4, -0.2) is 44.1 Å². The lowest BCUT2D eigenvalue weighted by Crippen LogP contribution is -2.43. The number of sulfonamides is 1. The van der Waals surface area contributed by atoms with Crippen molar-refractivity contribution in [2.24, 2.45) is 0 Å². The van der Waals surface area contributed by atoms with Crippen molar-refractivity contribution < 1.29 is 13.2 Å². The van der Waals surface area contributed by atoms with Gasteiger partial charge in [-0.05, 0) is 31.0 Å². The summed E-state index contributed by atoms with van der Waals surface area (Å²) in [6.45, 7) is 0.806. The number of nitrogens with zero attached hydrogens (tertiary/aromatic N) is 1. The summed E-state index contributed by atoms with van der Waals surface area (Å²) in [5.74, 6) is 0. The Kier molecular flexibility index (Phi) is 5.08. The van der Waals surface area contributed by atoms with Gasteiger partial charge in [0.05, 0.1) is 6.26 Å². The minimum absolute atomic E-state index is 0.176. The first kappa shape index (κ1) is 16.1. The highest BCUT2D eigenvalue weighted by molar-refractivity contribution is 7.88.